The van der Waals surface area contributed by atoms with Gasteiger partial charge in [-0.05, 0) is 57.5 Å². The number of methoxy groups -OCH3 is 1. The molecule has 1 aliphatic heterocycles. The summed E-state index contributed by atoms with van der Waals surface area (Å²) in [7, 11) is 1.68. The molecule has 0 unspecified atom stereocenters. The Hall–Kier alpha value is -1.22. The number of piperidine rings is 1. The second kappa shape index (κ2) is 9.67. The smallest absolute Gasteiger partial charge is 0.122 e. The molecule has 0 atom stereocenters. The van der Waals surface area contributed by atoms with E-state index in [1.165, 1.54) is 58.2 Å². The van der Waals surface area contributed by atoms with Gasteiger partial charge in [-0.2, -0.15) is 0 Å². The monoisotopic (exact) mass is 291 g/mol. The molecule has 1 aromatic rings. The van der Waals surface area contributed by atoms with Gasteiger partial charge in [0.25, 0.3) is 0 Å². The number of unbranched alkanes of at least 4 members (excludes halogenated alkanes) is 3. The lowest BCUT2D eigenvalue weighted by Crippen LogP contribution is -2.30. The minimum atomic E-state index is 0.802. The molecule has 0 radical (unpaired) electrons. The third kappa shape index (κ3) is 6.38. The van der Waals surface area contributed by atoms with Gasteiger partial charge < -0.3 is 14.4 Å². The summed E-state index contributed by atoms with van der Waals surface area (Å²) in [4.78, 5) is 2.62. The molecular weight excluding hydrogens is 262 g/mol. The standard InChI is InChI=1S/C18H29NO2/c1-20-17-10-9-11-18(16-17)21-15-8-3-2-5-12-19-13-6-4-7-14-19/h9-11,16H,2-8,12-15H2,1H3. The molecule has 1 aliphatic rings. The molecule has 3 heteroatoms. The van der Waals surface area contributed by atoms with Crippen LogP contribution < -0.4 is 9.47 Å². The maximum atomic E-state index is 5.75. The topological polar surface area (TPSA) is 21.7 Å². The fourth-order valence-electron chi connectivity index (χ4n) is 2.86. The average Bonchev–Trinajstić information content (AvgIpc) is 2.55. The molecular formula is C18H29NO2. The summed E-state index contributed by atoms with van der Waals surface area (Å²) in [6.45, 7) is 4.73. The second-order valence-corrected chi connectivity index (χ2v) is 5.84. The van der Waals surface area contributed by atoms with E-state index in [-0.39, 0.29) is 0 Å². The van der Waals surface area contributed by atoms with Crippen LogP contribution in [0.25, 0.3) is 0 Å². The van der Waals surface area contributed by atoms with Crippen LogP contribution in [0.15, 0.2) is 24.3 Å². The van der Waals surface area contributed by atoms with Crippen molar-refractivity contribution in [1.82, 2.24) is 4.90 Å². The lowest BCUT2D eigenvalue weighted by Gasteiger charge is -2.26. The Morgan fingerprint density at radius 3 is 2.52 bits per heavy atom. The summed E-state index contributed by atoms with van der Waals surface area (Å²) < 4.78 is 10.9. The van der Waals surface area contributed by atoms with E-state index in [2.05, 4.69) is 4.90 Å². The normalized spacial score (nSPS) is 15.9. The predicted molar refractivity (Wildman–Crippen MR) is 87.2 cm³/mol. The Labute approximate surface area is 129 Å². The van der Waals surface area contributed by atoms with Gasteiger partial charge in [-0.3, -0.25) is 0 Å². The van der Waals surface area contributed by atoms with Gasteiger partial charge >= 0.3 is 0 Å². The van der Waals surface area contributed by atoms with E-state index >= 15 is 0 Å². The summed E-state index contributed by atoms with van der Waals surface area (Å²) in [6, 6.07) is 7.83. The zero-order chi connectivity index (χ0) is 14.8. The van der Waals surface area contributed by atoms with Crippen LogP contribution in [0, 0.1) is 0 Å². The SMILES string of the molecule is COc1cccc(OCCCCCCN2CCCCC2)c1. The van der Waals surface area contributed by atoms with Crippen molar-refractivity contribution in [3.63, 3.8) is 0 Å². The first-order valence-electron chi connectivity index (χ1n) is 8.38. The molecule has 0 saturated carbocycles. The average molecular weight is 291 g/mol. The van der Waals surface area contributed by atoms with Gasteiger partial charge in [0.15, 0.2) is 0 Å². The first-order valence-corrected chi connectivity index (χ1v) is 8.38. The fourth-order valence-corrected chi connectivity index (χ4v) is 2.86. The fraction of sp³-hybridized carbons (Fsp3) is 0.667. The van der Waals surface area contributed by atoms with Crippen LogP contribution in [0.4, 0.5) is 0 Å². The van der Waals surface area contributed by atoms with Crippen molar-refractivity contribution in [2.24, 2.45) is 0 Å². The van der Waals surface area contributed by atoms with Crippen molar-refractivity contribution in [2.75, 3.05) is 33.4 Å². The number of rotatable bonds is 9. The summed E-state index contributed by atoms with van der Waals surface area (Å²) in [5.41, 5.74) is 0. The minimum Gasteiger partial charge on any atom is -0.497 e. The molecule has 1 heterocycles. The van der Waals surface area contributed by atoms with E-state index in [4.69, 9.17) is 9.47 Å². The van der Waals surface area contributed by atoms with Crippen molar-refractivity contribution >= 4 is 0 Å². The van der Waals surface area contributed by atoms with Gasteiger partial charge in [-0.15, -0.1) is 0 Å². The van der Waals surface area contributed by atoms with E-state index in [0.29, 0.717) is 0 Å². The number of benzene rings is 1. The van der Waals surface area contributed by atoms with Gasteiger partial charge in [0.05, 0.1) is 13.7 Å². The molecule has 2 rings (SSSR count). The molecule has 1 fully saturated rings. The van der Waals surface area contributed by atoms with E-state index in [1.807, 2.05) is 24.3 Å². The Bertz CT molecular complexity index is 389. The summed E-state index contributed by atoms with van der Waals surface area (Å²) >= 11 is 0. The zero-order valence-corrected chi connectivity index (χ0v) is 13.4. The van der Waals surface area contributed by atoms with Gasteiger partial charge in [-0.1, -0.05) is 25.3 Å². The highest BCUT2D eigenvalue weighted by Crippen LogP contribution is 2.19. The van der Waals surface area contributed by atoms with Crippen molar-refractivity contribution < 1.29 is 9.47 Å². The molecule has 3 nitrogen and oxygen atoms in total. The van der Waals surface area contributed by atoms with Gasteiger partial charge in [-0.25, -0.2) is 0 Å². The molecule has 0 bridgehead atoms. The van der Waals surface area contributed by atoms with Crippen LogP contribution >= 0.6 is 0 Å². The number of nitrogens with zero attached hydrogens (tertiary/aromatic N) is 1. The number of hydrogen-bond donors (Lipinski definition) is 0. The third-order valence-corrected chi connectivity index (χ3v) is 4.13. The Morgan fingerprint density at radius 2 is 1.71 bits per heavy atom. The van der Waals surface area contributed by atoms with Gasteiger partial charge in [0, 0.05) is 6.07 Å². The zero-order valence-electron chi connectivity index (χ0n) is 13.4. The van der Waals surface area contributed by atoms with Crippen LogP contribution in [-0.4, -0.2) is 38.3 Å². The van der Waals surface area contributed by atoms with Crippen LogP contribution in [0.1, 0.15) is 44.9 Å². The lowest BCUT2D eigenvalue weighted by molar-refractivity contribution is 0.223. The molecule has 0 spiro atoms. The molecule has 0 amide bonds. The van der Waals surface area contributed by atoms with E-state index in [1.54, 1.807) is 7.11 Å². The van der Waals surface area contributed by atoms with Crippen LogP contribution in [0.2, 0.25) is 0 Å². The number of likely N-dealkylation sites (tertiary alicyclic amines) is 1. The highest BCUT2D eigenvalue weighted by Gasteiger charge is 2.08. The maximum absolute atomic E-state index is 5.75. The Balaban J connectivity index is 1.47. The molecule has 21 heavy (non-hydrogen) atoms. The van der Waals surface area contributed by atoms with Gasteiger partial charge in [0.1, 0.15) is 11.5 Å². The van der Waals surface area contributed by atoms with Crippen molar-refractivity contribution in [3.05, 3.63) is 24.3 Å². The van der Waals surface area contributed by atoms with Crippen molar-refractivity contribution in [3.8, 4) is 11.5 Å². The number of hydrogen-bond acceptors (Lipinski definition) is 3. The Morgan fingerprint density at radius 1 is 0.952 bits per heavy atom. The number of ether oxygens (including phenoxy) is 2. The molecule has 0 aromatic heterocycles. The van der Waals surface area contributed by atoms with E-state index in [0.717, 1.165) is 24.5 Å². The Kier molecular flexibility index (Phi) is 7.44. The van der Waals surface area contributed by atoms with Gasteiger partial charge in [0.2, 0.25) is 0 Å². The molecule has 1 saturated heterocycles. The maximum Gasteiger partial charge on any atom is 0.122 e. The minimum absolute atomic E-state index is 0.802. The first kappa shape index (κ1) is 16.2. The molecule has 118 valence electrons. The third-order valence-electron chi connectivity index (χ3n) is 4.13. The lowest BCUT2D eigenvalue weighted by atomic mass is 10.1. The highest BCUT2D eigenvalue weighted by molar-refractivity contribution is 5.32. The van der Waals surface area contributed by atoms with Crippen molar-refractivity contribution in [2.45, 2.75) is 44.9 Å². The van der Waals surface area contributed by atoms with Crippen LogP contribution in [0.5, 0.6) is 11.5 Å². The summed E-state index contributed by atoms with van der Waals surface area (Å²) in [6.07, 6.45) is 9.27. The van der Waals surface area contributed by atoms with Crippen LogP contribution in [-0.2, 0) is 0 Å². The van der Waals surface area contributed by atoms with E-state index in [9.17, 15) is 0 Å². The molecule has 1 aromatic carbocycles. The predicted octanol–water partition coefficient (Wildman–Crippen LogP) is 4.12. The quantitative estimate of drug-likeness (QED) is 0.639. The summed E-state index contributed by atoms with van der Waals surface area (Å²) in [5.74, 6) is 1.76. The van der Waals surface area contributed by atoms with Crippen molar-refractivity contribution in [1.29, 1.82) is 0 Å². The molecule has 0 N–H and O–H groups in total. The van der Waals surface area contributed by atoms with E-state index < -0.39 is 0 Å². The first-order chi connectivity index (χ1) is 10.4. The van der Waals surface area contributed by atoms with Crippen LogP contribution in [0.3, 0.4) is 0 Å². The highest BCUT2D eigenvalue weighted by atomic mass is 16.5. The summed E-state index contributed by atoms with van der Waals surface area (Å²) in [5, 5.41) is 0. The largest absolute Gasteiger partial charge is 0.497 e. The second-order valence-electron chi connectivity index (χ2n) is 5.84. The molecule has 0 aliphatic carbocycles.